The van der Waals surface area contributed by atoms with E-state index in [0.717, 1.165) is 24.7 Å². The molecule has 4 atom stereocenters. The van der Waals surface area contributed by atoms with Crippen molar-refractivity contribution in [3.63, 3.8) is 0 Å². The lowest BCUT2D eigenvalue weighted by Crippen LogP contribution is -2.39. The molecular formula is C32H48O6. The quantitative estimate of drug-likeness (QED) is 0.226. The number of hydrogen-bond acceptors (Lipinski definition) is 6. The van der Waals surface area contributed by atoms with Gasteiger partial charge in [-0.05, 0) is 105 Å². The molecule has 0 saturated heterocycles. The minimum absolute atomic E-state index is 0.134. The van der Waals surface area contributed by atoms with Crippen LogP contribution in [0.25, 0.3) is 0 Å². The summed E-state index contributed by atoms with van der Waals surface area (Å²) in [5.41, 5.74) is 3.53. The summed E-state index contributed by atoms with van der Waals surface area (Å²) in [7, 11) is 4.51. The Morgan fingerprint density at radius 1 is 1.03 bits per heavy atom. The predicted molar refractivity (Wildman–Crippen MR) is 150 cm³/mol. The Morgan fingerprint density at radius 3 is 2.32 bits per heavy atom. The molecule has 0 aliphatic heterocycles. The van der Waals surface area contributed by atoms with Crippen LogP contribution < -0.4 is 4.74 Å². The Hall–Kier alpha value is -2.52. The van der Waals surface area contributed by atoms with E-state index in [1.807, 2.05) is 20.8 Å². The highest BCUT2D eigenvalue weighted by molar-refractivity contribution is 5.93. The van der Waals surface area contributed by atoms with Gasteiger partial charge in [-0.3, -0.25) is 4.79 Å². The lowest BCUT2D eigenvalue weighted by molar-refractivity contribution is -0.150. The summed E-state index contributed by atoms with van der Waals surface area (Å²) >= 11 is 0. The third kappa shape index (κ3) is 6.91. The third-order valence-corrected chi connectivity index (χ3v) is 9.18. The molecule has 6 nitrogen and oxygen atoms in total. The molecule has 3 aliphatic carbocycles. The van der Waals surface area contributed by atoms with E-state index in [4.69, 9.17) is 14.2 Å². The van der Waals surface area contributed by atoms with E-state index in [2.05, 4.69) is 36.6 Å². The SMILES string of the molecule is C#C.CCC(C)(C)C(=O)OC.COCCOc1cc2c(cc1C(=O)OC)C1CC[C@]3(C)CCCC3C1CC2. The number of hydrogen-bond donors (Lipinski definition) is 0. The van der Waals surface area contributed by atoms with Gasteiger partial charge in [0.15, 0.2) is 0 Å². The maximum absolute atomic E-state index is 12.4. The molecular weight excluding hydrogens is 480 g/mol. The first-order chi connectivity index (χ1) is 18.1. The van der Waals surface area contributed by atoms with Crippen molar-refractivity contribution < 1.29 is 28.5 Å². The molecule has 212 valence electrons. The van der Waals surface area contributed by atoms with Gasteiger partial charge < -0.3 is 18.9 Å². The number of carbonyl (C=O) groups is 2. The van der Waals surface area contributed by atoms with Gasteiger partial charge in [-0.25, -0.2) is 4.79 Å². The fraction of sp³-hybridized carbons (Fsp3) is 0.688. The molecule has 38 heavy (non-hydrogen) atoms. The minimum Gasteiger partial charge on any atom is -0.490 e. The normalized spacial score (nSPS) is 25.1. The van der Waals surface area contributed by atoms with Crippen molar-refractivity contribution in [1.82, 2.24) is 0 Å². The second kappa shape index (κ2) is 14.0. The van der Waals surface area contributed by atoms with Crippen LogP contribution in [0.1, 0.15) is 100 Å². The Bertz CT molecular complexity index is 964. The average Bonchev–Trinajstić information content (AvgIpc) is 3.35. The van der Waals surface area contributed by atoms with Gasteiger partial charge in [-0.15, -0.1) is 12.8 Å². The number of fused-ring (bicyclic) bond motifs is 5. The number of rotatable bonds is 7. The highest BCUT2D eigenvalue weighted by Gasteiger charge is 2.50. The van der Waals surface area contributed by atoms with Gasteiger partial charge in [0.25, 0.3) is 0 Å². The van der Waals surface area contributed by atoms with Crippen LogP contribution >= 0.6 is 0 Å². The van der Waals surface area contributed by atoms with Gasteiger partial charge in [0.05, 0.1) is 26.2 Å². The van der Waals surface area contributed by atoms with Crippen LogP contribution in [0.3, 0.4) is 0 Å². The summed E-state index contributed by atoms with van der Waals surface area (Å²) in [6.07, 6.45) is 17.9. The monoisotopic (exact) mass is 528 g/mol. The van der Waals surface area contributed by atoms with E-state index in [9.17, 15) is 9.59 Å². The van der Waals surface area contributed by atoms with E-state index in [0.29, 0.717) is 35.9 Å². The van der Waals surface area contributed by atoms with Crippen molar-refractivity contribution >= 4 is 11.9 Å². The third-order valence-electron chi connectivity index (χ3n) is 9.18. The van der Waals surface area contributed by atoms with Crippen molar-refractivity contribution in [1.29, 1.82) is 0 Å². The van der Waals surface area contributed by atoms with Gasteiger partial charge in [0, 0.05) is 7.11 Å². The van der Waals surface area contributed by atoms with Crippen molar-refractivity contribution in [3.8, 4) is 18.6 Å². The smallest absolute Gasteiger partial charge is 0.341 e. The summed E-state index contributed by atoms with van der Waals surface area (Å²) in [4.78, 5) is 23.3. The highest BCUT2D eigenvalue weighted by Crippen LogP contribution is 2.61. The molecule has 2 saturated carbocycles. The number of methoxy groups -OCH3 is 3. The molecule has 6 heteroatoms. The second-order valence-corrected chi connectivity index (χ2v) is 11.6. The number of benzene rings is 1. The molecule has 3 aliphatic rings. The average molecular weight is 529 g/mol. The minimum atomic E-state index is -0.311. The fourth-order valence-electron chi connectivity index (χ4n) is 6.64. The summed E-state index contributed by atoms with van der Waals surface area (Å²) in [5.74, 6) is 2.39. The molecule has 1 aromatic rings. The molecule has 0 radical (unpaired) electrons. The molecule has 1 aromatic carbocycles. The summed E-state index contributed by atoms with van der Waals surface area (Å²) in [5, 5.41) is 0. The van der Waals surface area contributed by atoms with Gasteiger partial charge in [0.1, 0.15) is 17.9 Å². The maximum atomic E-state index is 12.4. The Morgan fingerprint density at radius 2 is 1.74 bits per heavy atom. The second-order valence-electron chi connectivity index (χ2n) is 11.6. The maximum Gasteiger partial charge on any atom is 0.341 e. The summed E-state index contributed by atoms with van der Waals surface area (Å²) in [6.45, 7) is 9.17. The molecule has 3 unspecified atom stereocenters. The van der Waals surface area contributed by atoms with Gasteiger partial charge >= 0.3 is 11.9 Å². The zero-order valence-corrected chi connectivity index (χ0v) is 24.6. The molecule has 0 aromatic heterocycles. The first-order valence-electron chi connectivity index (χ1n) is 13.9. The highest BCUT2D eigenvalue weighted by atomic mass is 16.5. The fourth-order valence-corrected chi connectivity index (χ4v) is 6.64. The van der Waals surface area contributed by atoms with Gasteiger partial charge in [-0.1, -0.05) is 20.3 Å². The van der Waals surface area contributed by atoms with E-state index in [-0.39, 0.29) is 17.4 Å². The van der Waals surface area contributed by atoms with Crippen LogP contribution in [0.15, 0.2) is 12.1 Å². The van der Waals surface area contributed by atoms with E-state index in [1.165, 1.54) is 63.9 Å². The van der Waals surface area contributed by atoms with Crippen LogP contribution in [0.4, 0.5) is 0 Å². The number of aryl methyl sites for hydroxylation is 1. The van der Waals surface area contributed by atoms with E-state index < -0.39 is 0 Å². The Labute approximate surface area is 230 Å². The molecule has 0 heterocycles. The molecule has 0 bridgehead atoms. The molecule has 0 N–H and O–H groups in total. The molecule has 4 rings (SSSR count). The molecule has 0 amide bonds. The van der Waals surface area contributed by atoms with Gasteiger partial charge in [-0.2, -0.15) is 0 Å². The van der Waals surface area contributed by atoms with Crippen molar-refractivity contribution in [2.45, 2.75) is 85.0 Å². The van der Waals surface area contributed by atoms with E-state index in [1.54, 1.807) is 7.11 Å². The zero-order valence-electron chi connectivity index (χ0n) is 24.6. The zero-order chi connectivity index (χ0) is 28.5. The summed E-state index contributed by atoms with van der Waals surface area (Å²) in [6, 6.07) is 4.17. The number of esters is 2. The number of carbonyl (C=O) groups excluding carboxylic acids is 2. The van der Waals surface area contributed by atoms with Gasteiger partial charge in [0.2, 0.25) is 0 Å². The number of terminal acetylenes is 1. The predicted octanol–water partition coefficient (Wildman–Crippen LogP) is 6.59. The first-order valence-corrected chi connectivity index (χ1v) is 13.9. The van der Waals surface area contributed by atoms with Crippen LogP contribution in [-0.2, 0) is 25.4 Å². The standard InChI is InChI=1S/C23H32O4.C7H14O2.C2H2/c1-23-9-4-5-20(23)17-7-6-15-13-21(27-12-11-25-2)19(22(24)26-3)14-18(15)16(17)8-10-23;1-5-7(2,3)6(8)9-4;1-2/h13-14,16-17,20H,4-12H2,1-3H3;5H2,1-4H3;1-2H/t16?,17?,20?,23-;;/m0../s1. The van der Waals surface area contributed by atoms with Crippen molar-refractivity contribution in [2.75, 3.05) is 34.5 Å². The number of ether oxygens (including phenoxy) is 4. The van der Waals surface area contributed by atoms with Crippen LogP contribution in [0.5, 0.6) is 5.75 Å². The van der Waals surface area contributed by atoms with E-state index >= 15 is 0 Å². The van der Waals surface area contributed by atoms with Crippen molar-refractivity contribution in [3.05, 3.63) is 28.8 Å². The molecule has 0 spiro atoms. The lowest BCUT2D eigenvalue weighted by Gasteiger charge is -2.49. The van der Waals surface area contributed by atoms with Crippen LogP contribution in [0.2, 0.25) is 0 Å². The lowest BCUT2D eigenvalue weighted by atomic mass is 9.56. The summed E-state index contributed by atoms with van der Waals surface area (Å²) < 4.78 is 20.6. The van der Waals surface area contributed by atoms with Crippen molar-refractivity contribution in [2.24, 2.45) is 22.7 Å². The topological polar surface area (TPSA) is 71.1 Å². The largest absolute Gasteiger partial charge is 0.490 e. The first kappa shape index (κ1) is 31.7. The molecule has 2 fully saturated rings. The van der Waals surface area contributed by atoms with Crippen LogP contribution in [0, 0.1) is 35.5 Å². The Balaban J connectivity index is 0.000000394. The Kier molecular flexibility index (Phi) is 11.7. The van der Waals surface area contributed by atoms with Crippen LogP contribution in [-0.4, -0.2) is 46.5 Å².